The van der Waals surface area contributed by atoms with Gasteiger partial charge in [0.2, 0.25) is 5.96 Å². The SMILES string of the molecule is O=C1NC(=NC(C2CC2)C2CC2)NC1=O. The predicted molar refractivity (Wildman–Crippen MR) is 53.0 cm³/mol. The van der Waals surface area contributed by atoms with Crippen molar-refractivity contribution in [2.24, 2.45) is 16.8 Å². The van der Waals surface area contributed by atoms with Crippen LogP contribution in [0.4, 0.5) is 0 Å². The van der Waals surface area contributed by atoms with Crippen molar-refractivity contribution >= 4 is 17.8 Å². The molecule has 3 aliphatic rings. The molecule has 2 N–H and O–H groups in total. The lowest BCUT2D eigenvalue weighted by molar-refractivity contribution is -0.135. The van der Waals surface area contributed by atoms with E-state index in [1.165, 1.54) is 25.7 Å². The maximum absolute atomic E-state index is 10.9. The average molecular weight is 207 g/mol. The largest absolute Gasteiger partial charge is 0.316 e. The second kappa shape index (κ2) is 3.05. The first-order valence-corrected chi connectivity index (χ1v) is 5.44. The molecule has 2 saturated carbocycles. The third-order valence-corrected chi connectivity index (χ3v) is 3.16. The van der Waals surface area contributed by atoms with E-state index in [0.29, 0.717) is 23.8 Å². The Kier molecular flexibility index (Phi) is 1.81. The highest BCUT2D eigenvalue weighted by Crippen LogP contribution is 2.46. The first-order chi connectivity index (χ1) is 7.24. The Morgan fingerprint density at radius 1 is 1.00 bits per heavy atom. The minimum Gasteiger partial charge on any atom is -0.288 e. The number of amides is 2. The van der Waals surface area contributed by atoms with Crippen LogP contribution in [0.25, 0.3) is 0 Å². The van der Waals surface area contributed by atoms with Crippen LogP contribution in [0.15, 0.2) is 4.99 Å². The first-order valence-electron chi connectivity index (χ1n) is 5.44. The molecule has 0 aromatic carbocycles. The van der Waals surface area contributed by atoms with Crippen LogP contribution < -0.4 is 10.6 Å². The molecule has 1 saturated heterocycles. The van der Waals surface area contributed by atoms with Crippen LogP contribution in [0.2, 0.25) is 0 Å². The third-order valence-electron chi connectivity index (χ3n) is 3.16. The van der Waals surface area contributed by atoms with Gasteiger partial charge in [-0.15, -0.1) is 0 Å². The van der Waals surface area contributed by atoms with Crippen molar-refractivity contribution in [3.8, 4) is 0 Å². The molecule has 2 aliphatic carbocycles. The number of carbonyl (C=O) groups excluding carboxylic acids is 2. The summed E-state index contributed by atoms with van der Waals surface area (Å²) in [4.78, 5) is 26.3. The maximum Gasteiger partial charge on any atom is 0.316 e. The molecule has 80 valence electrons. The van der Waals surface area contributed by atoms with Crippen LogP contribution in [-0.4, -0.2) is 23.8 Å². The summed E-state index contributed by atoms with van der Waals surface area (Å²) < 4.78 is 0. The van der Waals surface area contributed by atoms with Gasteiger partial charge in [-0.3, -0.25) is 20.2 Å². The molecule has 0 spiro atoms. The molecular formula is C10H13N3O2. The van der Waals surface area contributed by atoms with E-state index in [2.05, 4.69) is 15.6 Å². The second-order valence-electron chi connectivity index (χ2n) is 4.55. The Hall–Kier alpha value is -1.39. The summed E-state index contributed by atoms with van der Waals surface area (Å²) in [5.41, 5.74) is 0. The van der Waals surface area contributed by atoms with Gasteiger partial charge in [0.1, 0.15) is 0 Å². The van der Waals surface area contributed by atoms with Crippen molar-refractivity contribution in [1.29, 1.82) is 0 Å². The lowest BCUT2D eigenvalue weighted by Gasteiger charge is -2.10. The van der Waals surface area contributed by atoms with Crippen molar-refractivity contribution in [3.05, 3.63) is 0 Å². The van der Waals surface area contributed by atoms with Crippen molar-refractivity contribution in [2.45, 2.75) is 31.7 Å². The van der Waals surface area contributed by atoms with Gasteiger partial charge in [-0.1, -0.05) is 0 Å². The van der Waals surface area contributed by atoms with E-state index >= 15 is 0 Å². The number of guanidine groups is 1. The van der Waals surface area contributed by atoms with Crippen LogP contribution in [0.5, 0.6) is 0 Å². The summed E-state index contributed by atoms with van der Waals surface area (Å²) in [6.45, 7) is 0. The van der Waals surface area contributed by atoms with E-state index in [-0.39, 0.29) is 0 Å². The van der Waals surface area contributed by atoms with Crippen molar-refractivity contribution in [3.63, 3.8) is 0 Å². The molecule has 5 nitrogen and oxygen atoms in total. The topological polar surface area (TPSA) is 70.6 Å². The number of carbonyl (C=O) groups is 2. The Balaban J connectivity index is 1.73. The van der Waals surface area contributed by atoms with Gasteiger partial charge in [0, 0.05) is 0 Å². The summed E-state index contributed by atoms with van der Waals surface area (Å²) >= 11 is 0. The monoisotopic (exact) mass is 207 g/mol. The summed E-state index contributed by atoms with van der Waals surface area (Å²) in [5, 5.41) is 4.90. The van der Waals surface area contributed by atoms with Gasteiger partial charge in [0.05, 0.1) is 6.04 Å². The lowest BCUT2D eigenvalue weighted by Crippen LogP contribution is -2.29. The Labute approximate surface area is 87.3 Å². The molecule has 3 fully saturated rings. The van der Waals surface area contributed by atoms with Crippen molar-refractivity contribution in [2.75, 3.05) is 0 Å². The molecule has 0 radical (unpaired) electrons. The van der Waals surface area contributed by atoms with Gasteiger partial charge < -0.3 is 0 Å². The van der Waals surface area contributed by atoms with Crippen LogP contribution in [0.1, 0.15) is 25.7 Å². The van der Waals surface area contributed by atoms with Crippen LogP contribution >= 0.6 is 0 Å². The zero-order valence-corrected chi connectivity index (χ0v) is 8.32. The summed E-state index contributed by atoms with van der Waals surface area (Å²) in [6, 6.07) is 0.318. The van der Waals surface area contributed by atoms with Gasteiger partial charge in [-0.2, -0.15) is 0 Å². The van der Waals surface area contributed by atoms with Gasteiger partial charge in [0.15, 0.2) is 0 Å². The molecule has 1 aliphatic heterocycles. The second-order valence-corrected chi connectivity index (χ2v) is 4.55. The van der Waals surface area contributed by atoms with E-state index in [1.54, 1.807) is 0 Å². The smallest absolute Gasteiger partial charge is 0.288 e. The number of aliphatic imine (C=N–C) groups is 1. The summed E-state index contributed by atoms with van der Waals surface area (Å²) in [6.07, 6.45) is 4.94. The zero-order chi connectivity index (χ0) is 10.4. The first kappa shape index (κ1) is 8.88. The standard InChI is InChI=1S/C10H13N3O2/c14-8-9(15)13-10(12-8)11-7(5-1-2-5)6-3-4-6/h5-7H,1-4H2,(H2,11,12,13,14,15). The number of nitrogens with one attached hydrogen (secondary N) is 2. The minimum absolute atomic E-state index is 0.318. The molecule has 2 amide bonds. The minimum atomic E-state index is -0.598. The average Bonchev–Trinajstić information content (AvgIpc) is 3.07. The lowest BCUT2D eigenvalue weighted by atomic mass is 10.1. The zero-order valence-electron chi connectivity index (χ0n) is 8.32. The van der Waals surface area contributed by atoms with Crippen molar-refractivity contribution < 1.29 is 9.59 Å². The van der Waals surface area contributed by atoms with E-state index in [9.17, 15) is 9.59 Å². The van der Waals surface area contributed by atoms with Gasteiger partial charge in [-0.25, -0.2) is 4.99 Å². The highest BCUT2D eigenvalue weighted by atomic mass is 16.2. The van der Waals surface area contributed by atoms with Gasteiger partial charge in [-0.05, 0) is 37.5 Å². The highest BCUT2D eigenvalue weighted by Gasteiger charge is 2.42. The Morgan fingerprint density at radius 2 is 1.47 bits per heavy atom. The molecule has 3 rings (SSSR count). The molecule has 1 heterocycles. The number of nitrogens with zero attached hydrogens (tertiary/aromatic N) is 1. The van der Waals surface area contributed by atoms with Crippen molar-refractivity contribution in [1.82, 2.24) is 10.6 Å². The molecule has 0 unspecified atom stereocenters. The fraction of sp³-hybridized carbons (Fsp3) is 0.700. The quantitative estimate of drug-likeness (QED) is 0.628. The normalized spacial score (nSPS) is 25.5. The predicted octanol–water partition coefficient (Wildman–Crippen LogP) is -0.223. The van der Waals surface area contributed by atoms with Crippen LogP contribution in [-0.2, 0) is 9.59 Å². The molecule has 0 atom stereocenters. The number of hydrogen-bond acceptors (Lipinski definition) is 3. The van der Waals surface area contributed by atoms with E-state index in [0.717, 1.165) is 0 Å². The Bertz CT molecular complexity index is 326. The van der Waals surface area contributed by atoms with Gasteiger partial charge in [0.25, 0.3) is 0 Å². The summed E-state index contributed by atoms with van der Waals surface area (Å²) in [5.74, 6) is 0.519. The fourth-order valence-electron chi connectivity index (χ4n) is 2.04. The molecule has 5 heteroatoms. The Morgan fingerprint density at radius 3 is 1.87 bits per heavy atom. The van der Waals surface area contributed by atoms with E-state index in [1.807, 2.05) is 0 Å². The molecule has 0 aromatic rings. The van der Waals surface area contributed by atoms with Gasteiger partial charge >= 0.3 is 11.8 Å². The highest BCUT2D eigenvalue weighted by molar-refractivity contribution is 6.45. The van der Waals surface area contributed by atoms with E-state index in [4.69, 9.17) is 0 Å². The van der Waals surface area contributed by atoms with Crippen LogP contribution in [0, 0.1) is 11.8 Å². The number of rotatable bonds is 3. The maximum atomic E-state index is 10.9. The molecule has 15 heavy (non-hydrogen) atoms. The fourth-order valence-corrected chi connectivity index (χ4v) is 2.04. The third kappa shape index (κ3) is 1.73. The summed E-state index contributed by atoms with van der Waals surface area (Å²) in [7, 11) is 0. The van der Waals surface area contributed by atoms with E-state index < -0.39 is 11.8 Å². The number of hydrogen-bond donors (Lipinski definition) is 2. The van der Waals surface area contributed by atoms with Crippen LogP contribution in [0.3, 0.4) is 0 Å². The molecule has 0 aromatic heterocycles. The molecule has 0 bridgehead atoms. The molecular weight excluding hydrogens is 194 g/mol.